The fourth-order valence-electron chi connectivity index (χ4n) is 2.33. The number of fused-ring (bicyclic) bond motifs is 1. The van der Waals surface area contributed by atoms with Gasteiger partial charge in [0.1, 0.15) is 13.3 Å². The minimum Gasteiger partial charge on any atom is -0.464 e. The van der Waals surface area contributed by atoms with Crippen molar-refractivity contribution in [1.82, 2.24) is 19.7 Å². The van der Waals surface area contributed by atoms with Gasteiger partial charge in [0, 0.05) is 20.2 Å². The van der Waals surface area contributed by atoms with Crippen molar-refractivity contribution >= 4 is 35.6 Å². The Kier molecular flexibility index (Phi) is 5.35. The van der Waals surface area contributed by atoms with E-state index in [0.29, 0.717) is 23.7 Å². The van der Waals surface area contributed by atoms with E-state index in [1.807, 2.05) is 29.1 Å². The lowest BCUT2D eigenvalue weighted by Gasteiger charge is -2.15. The molecule has 0 radical (unpaired) electrons. The van der Waals surface area contributed by atoms with Crippen LogP contribution in [0.15, 0.2) is 24.5 Å². The molecule has 0 aliphatic rings. The first-order valence-electron chi connectivity index (χ1n) is 8.15. The smallest absolute Gasteiger partial charge is 0.296 e. The van der Waals surface area contributed by atoms with E-state index in [-0.39, 0.29) is 0 Å². The van der Waals surface area contributed by atoms with Gasteiger partial charge in [0.25, 0.3) is 5.19 Å². The lowest BCUT2D eigenvalue weighted by molar-refractivity contribution is 0.0898. The van der Waals surface area contributed by atoms with E-state index in [1.165, 1.54) is 11.3 Å². The summed E-state index contributed by atoms with van der Waals surface area (Å²) in [6.07, 6.45) is 1.81. The van der Waals surface area contributed by atoms with E-state index in [1.54, 1.807) is 0 Å². The first-order valence-corrected chi connectivity index (χ1v) is 12.7. The molecule has 3 rings (SSSR count). The number of imidazole rings is 1. The summed E-state index contributed by atoms with van der Waals surface area (Å²) >= 11 is 1.22. The van der Waals surface area contributed by atoms with Gasteiger partial charge in [-0.25, -0.2) is 4.98 Å². The minimum absolute atomic E-state index is 0.374. The molecule has 0 saturated carbocycles. The summed E-state index contributed by atoms with van der Waals surface area (Å²) in [6.45, 7) is 8.72. The van der Waals surface area contributed by atoms with Crippen LogP contribution in [0.4, 0.5) is 5.13 Å². The van der Waals surface area contributed by atoms with Crippen LogP contribution < -0.4 is 10.5 Å². The van der Waals surface area contributed by atoms with Crippen molar-refractivity contribution in [2.75, 3.05) is 12.3 Å². The van der Waals surface area contributed by atoms with Crippen molar-refractivity contribution in [1.29, 1.82) is 0 Å². The van der Waals surface area contributed by atoms with Crippen molar-refractivity contribution in [3.63, 3.8) is 0 Å². The van der Waals surface area contributed by atoms with Gasteiger partial charge in [-0.05, 0) is 23.4 Å². The van der Waals surface area contributed by atoms with Gasteiger partial charge >= 0.3 is 0 Å². The normalized spacial score (nSPS) is 12.0. The minimum atomic E-state index is -1.07. The summed E-state index contributed by atoms with van der Waals surface area (Å²) in [5.74, 6) is 0. The molecule has 0 bridgehead atoms. The van der Waals surface area contributed by atoms with Crippen LogP contribution in [0.3, 0.4) is 0 Å². The Hall–Kier alpha value is -1.97. The second-order valence-corrected chi connectivity index (χ2v) is 13.6. The number of nitrogen functional groups attached to an aromatic ring is 1. The van der Waals surface area contributed by atoms with E-state index in [9.17, 15) is 0 Å². The van der Waals surface area contributed by atoms with Gasteiger partial charge in [0.15, 0.2) is 0 Å². The highest BCUT2D eigenvalue weighted by molar-refractivity contribution is 7.16. The number of anilines is 1. The highest BCUT2D eigenvalue weighted by atomic mass is 32.1. The van der Waals surface area contributed by atoms with Gasteiger partial charge in [-0.3, -0.25) is 0 Å². The fraction of sp³-hybridized carbons (Fsp3) is 0.438. The number of ether oxygens (including phenoxy) is 2. The lowest BCUT2D eigenvalue weighted by atomic mass is 10.2. The van der Waals surface area contributed by atoms with E-state index >= 15 is 0 Å². The van der Waals surface area contributed by atoms with Crippen molar-refractivity contribution in [2.45, 2.75) is 39.0 Å². The van der Waals surface area contributed by atoms with Gasteiger partial charge < -0.3 is 19.8 Å². The maximum atomic E-state index is 5.83. The molecule has 2 heterocycles. The van der Waals surface area contributed by atoms with Crippen molar-refractivity contribution in [2.24, 2.45) is 0 Å². The first-order chi connectivity index (χ1) is 11.9. The third-order valence-electron chi connectivity index (χ3n) is 3.73. The molecule has 0 fully saturated rings. The number of rotatable bonds is 8. The molecule has 0 aliphatic heterocycles. The standard InChI is InChI=1S/C16H23N5O2SSi/c1-25(2,3)8-7-22-11-21-10-18-14-12(5-4-6-13(14)21)9-23-16-20-19-15(17)24-16/h4-6,10H,7-9,11H2,1-3H3,(H2,17,19). The summed E-state index contributed by atoms with van der Waals surface area (Å²) in [5, 5.41) is 8.46. The molecule has 25 heavy (non-hydrogen) atoms. The highest BCUT2D eigenvalue weighted by Gasteiger charge is 2.13. The average molecular weight is 378 g/mol. The SMILES string of the molecule is C[Si](C)(C)CCOCn1cnc2c(COc3nnc(N)s3)cccc21. The maximum Gasteiger partial charge on any atom is 0.296 e. The van der Waals surface area contributed by atoms with E-state index in [0.717, 1.165) is 29.2 Å². The molecule has 2 aromatic heterocycles. The number of benzene rings is 1. The lowest BCUT2D eigenvalue weighted by Crippen LogP contribution is -2.21. The molecule has 0 amide bonds. The number of nitrogens with two attached hydrogens (primary N) is 1. The van der Waals surface area contributed by atoms with Crippen LogP contribution in [-0.2, 0) is 18.1 Å². The molecule has 9 heteroatoms. The highest BCUT2D eigenvalue weighted by Crippen LogP contribution is 2.23. The zero-order valence-corrected chi connectivity index (χ0v) is 16.5. The van der Waals surface area contributed by atoms with E-state index in [4.69, 9.17) is 15.2 Å². The third-order valence-corrected chi connectivity index (χ3v) is 6.10. The number of para-hydroxylation sites is 1. The van der Waals surface area contributed by atoms with Gasteiger partial charge in [-0.2, -0.15) is 0 Å². The molecule has 134 valence electrons. The molecule has 3 aromatic rings. The molecular formula is C16H23N5O2SSi. The number of hydrogen-bond acceptors (Lipinski definition) is 7. The molecule has 7 nitrogen and oxygen atoms in total. The van der Waals surface area contributed by atoms with Crippen LogP contribution in [-0.4, -0.2) is 34.4 Å². The van der Waals surface area contributed by atoms with Crippen molar-refractivity contribution in [3.8, 4) is 5.19 Å². The predicted molar refractivity (Wildman–Crippen MR) is 102 cm³/mol. The third kappa shape index (κ3) is 4.77. The Balaban J connectivity index is 1.65. The number of aromatic nitrogens is 4. The van der Waals surface area contributed by atoms with E-state index in [2.05, 4.69) is 34.8 Å². The fourth-order valence-corrected chi connectivity index (χ4v) is 3.54. The molecule has 2 N–H and O–H groups in total. The van der Waals surface area contributed by atoms with Crippen LogP contribution in [0, 0.1) is 0 Å². The van der Waals surface area contributed by atoms with Crippen LogP contribution in [0.5, 0.6) is 5.19 Å². The Morgan fingerprint density at radius 1 is 1.24 bits per heavy atom. The monoisotopic (exact) mass is 377 g/mol. The summed E-state index contributed by atoms with van der Waals surface area (Å²) in [4.78, 5) is 4.52. The largest absolute Gasteiger partial charge is 0.464 e. The zero-order chi connectivity index (χ0) is 17.9. The topological polar surface area (TPSA) is 88.1 Å². The molecule has 0 saturated heterocycles. The van der Waals surface area contributed by atoms with Crippen LogP contribution >= 0.6 is 11.3 Å². The van der Waals surface area contributed by atoms with Crippen LogP contribution in [0.25, 0.3) is 11.0 Å². The molecule has 0 aliphatic carbocycles. The van der Waals surface area contributed by atoms with Gasteiger partial charge in [0.2, 0.25) is 5.13 Å². The van der Waals surface area contributed by atoms with Gasteiger partial charge in [-0.1, -0.05) is 36.9 Å². The second-order valence-electron chi connectivity index (χ2n) is 7.04. The second kappa shape index (κ2) is 7.50. The predicted octanol–water partition coefficient (Wildman–Crippen LogP) is 3.36. The molecular weight excluding hydrogens is 354 g/mol. The van der Waals surface area contributed by atoms with Crippen molar-refractivity contribution in [3.05, 3.63) is 30.1 Å². The first kappa shape index (κ1) is 17.8. The van der Waals surface area contributed by atoms with Gasteiger partial charge in [-0.15, -0.1) is 5.10 Å². The maximum absolute atomic E-state index is 5.83. The van der Waals surface area contributed by atoms with Crippen molar-refractivity contribution < 1.29 is 9.47 Å². The Morgan fingerprint density at radius 2 is 2.08 bits per heavy atom. The molecule has 0 atom stereocenters. The Labute approximate surface area is 151 Å². The quantitative estimate of drug-likeness (QED) is 0.478. The zero-order valence-electron chi connectivity index (χ0n) is 14.7. The molecule has 0 unspecified atom stereocenters. The van der Waals surface area contributed by atoms with Gasteiger partial charge in [0.05, 0.1) is 17.4 Å². The summed E-state index contributed by atoms with van der Waals surface area (Å²) < 4.78 is 13.5. The van der Waals surface area contributed by atoms with E-state index < -0.39 is 8.07 Å². The van der Waals surface area contributed by atoms with Crippen LogP contribution in [0.2, 0.25) is 25.7 Å². The summed E-state index contributed by atoms with van der Waals surface area (Å²) in [6, 6.07) is 7.19. The molecule has 0 spiro atoms. The van der Waals surface area contributed by atoms with Crippen LogP contribution in [0.1, 0.15) is 5.56 Å². The Morgan fingerprint density at radius 3 is 2.80 bits per heavy atom. The number of nitrogens with zero attached hydrogens (tertiary/aromatic N) is 4. The Bertz CT molecular complexity index is 843. The summed E-state index contributed by atoms with van der Waals surface area (Å²) in [7, 11) is -1.07. The summed E-state index contributed by atoms with van der Waals surface area (Å²) in [5.41, 5.74) is 8.50. The number of hydrogen-bond donors (Lipinski definition) is 1. The average Bonchev–Trinajstić information content (AvgIpc) is 3.15. The molecule has 1 aromatic carbocycles.